The lowest BCUT2D eigenvalue weighted by Crippen LogP contribution is -2.41. The molecule has 5 rings (SSSR count). The number of amides is 2. The van der Waals surface area contributed by atoms with E-state index in [4.69, 9.17) is 17.0 Å². The number of benzene rings is 3. The van der Waals surface area contributed by atoms with Crippen molar-refractivity contribution in [2.75, 3.05) is 18.6 Å². The number of thioether (sulfide) groups is 1. The predicted octanol–water partition coefficient (Wildman–Crippen LogP) is 5.73. The first-order chi connectivity index (χ1) is 16.0. The van der Waals surface area contributed by atoms with E-state index >= 15 is 0 Å². The number of fused-ring (bicyclic) bond motifs is 2. The fourth-order valence-corrected chi connectivity index (χ4v) is 6.01. The lowest BCUT2D eigenvalue weighted by molar-refractivity contribution is -0.127. The molecule has 0 atom stereocenters. The second kappa shape index (κ2) is 9.05. The molecule has 2 heterocycles. The molecule has 2 aliphatic rings. The molecular weight excluding hydrogens is 472 g/mol. The summed E-state index contributed by atoms with van der Waals surface area (Å²) >= 11 is 8.29. The molecule has 3 aromatic rings. The van der Waals surface area contributed by atoms with Crippen LogP contribution in [0.4, 0.5) is 11.4 Å². The molecule has 0 aliphatic carbocycles. The van der Waals surface area contributed by atoms with Gasteiger partial charge in [-0.15, -0.1) is 0 Å². The van der Waals surface area contributed by atoms with Crippen molar-refractivity contribution in [3.63, 3.8) is 0 Å². The second-order valence-corrected chi connectivity index (χ2v) is 10.1. The maximum Gasteiger partial charge on any atom is 0.266 e. The Balaban J connectivity index is 1.42. The highest BCUT2D eigenvalue weighted by Gasteiger charge is 2.36. The van der Waals surface area contributed by atoms with Crippen molar-refractivity contribution in [1.29, 1.82) is 0 Å². The van der Waals surface area contributed by atoms with Gasteiger partial charge < -0.3 is 4.74 Å². The molecule has 1 fully saturated rings. The van der Waals surface area contributed by atoms with Gasteiger partial charge in [-0.05, 0) is 48.0 Å². The van der Waals surface area contributed by atoms with Crippen LogP contribution in [-0.2, 0) is 9.59 Å². The van der Waals surface area contributed by atoms with Gasteiger partial charge in [-0.1, -0.05) is 72.1 Å². The van der Waals surface area contributed by atoms with Gasteiger partial charge >= 0.3 is 0 Å². The van der Waals surface area contributed by atoms with Crippen LogP contribution in [0.3, 0.4) is 0 Å². The third-order valence-electron chi connectivity index (χ3n) is 5.24. The zero-order chi connectivity index (χ0) is 22.9. The van der Waals surface area contributed by atoms with E-state index in [-0.39, 0.29) is 18.4 Å². The maximum atomic E-state index is 13.5. The van der Waals surface area contributed by atoms with Crippen molar-refractivity contribution < 1.29 is 14.3 Å². The first-order valence-corrected chi connectivity index (χ1v) is 12.2. The number of hydrogen-bond acceptors (Lipinski definition) is 6. The molecule has 164 valence electrons. The highest BCUT2D eigenvalue weighted by Crippen LogP contribution is 2.48. The Hall–Kier alpha value is -3.07. The van der Waals surface area contributed by atoms with Crippen molar-refractivity contribution in [3.8, 4) is 5.75 Å². The normalized spacial score (nSPS) is 16.1. The van der Waals surface area contributed by atoms with Gasteiger partial charge in [0.25, 0.3) is 11.8 Å². The van der Waals surface area contributed by atoms with E-state index in [2.05, 4.69) is 0 Å². The van der Waals surface area contributed by atoms with Crippen LogP contribution in [0.1, 0.15) is 5.56 Å². The second-order valence-electron chi connectivity index (χ2n) is 7.31. The van der Waals surface area contributed by atoms with E-state index in [1.165, 1.54) is 16.7 Å². The minimum atomic E-state index is -0.269. The summed E-state index contributed by atoms with van der Waals surface area (Å²) in [6.45, 7) is -0.131. The van der Waals surface area contributed by atoms with Crippen molar-refractivity contribution >= 4 is 69.3 Å². The molecule has 1 saturated heterocycles. The van der Waals surface area contributed by atoms with Crippen LogP contribution >= 0.6 is 35.7 Å². The quantitative estimate of drug-likeness (QED) is 0.344. The molecule has 0 aromatic heterocycles. The number of nitrogens with zero attached hydrogens (tertiary/aromatic N) is 2. The van der Waals surface area contributed by atoms with Gasteiger partial charge in [0.05, 0.1) is 23.4 Å². The number of hydrogen-bond donors (Lipinski definition) is 0. The smallest absolute Gasteiger partial charge is 0.266 e. The molecule has 0 radical (unpaired) electrons. The lowest BCUT2D eigenvalue weighted by atomic mass is 10.2. The van der Waals surface area contributed by atoms with E-state index in [0.717, 1.165) is 26.7 Å². The summed E-state index contributed by atoms with van der Waals surface area (Å²) in [4.78, 5) is 32.2. The first kappa shape index (κ1) is 21.8. The number of anilines is 2. The largest absolute Gasteiger partial charge is 0.497 e. The Bertz CT molecular complexity index is 1280. The molecule has 5 nitrogen and oxygen atoms in total. The highest BCUT2D eigenvalue weighted by atomic mass is 32.2. The Labute approximate surface area is 205 Å². The fourth-order valence-electron chi connectivity index (χ4n) is 3.70. The molecule has 2 amide bonds. The van der Waals surface area contributed by atoms with Crippen LogP contribution in [0.5, 0.6) is 5.75 Å². The molecule has 0 unspecified atom stereocenters. The van der Waals surface area contributed by atoms with Crippen molar-refractivity contribution in [3.05, 3.63) is 83.3 Å². The molecular formula is C25H18N2O3S3. The average molecular weight is 491 g/mol. The predicted molar refractivity (Wildman–Crippen MR) is 137 cm³/mol. The summed E-state index contributed by atoms with van der Waals surface area (Å²) in [5.74, 6) is 0.220. The van der Waals surface area contributed by atoms with Crippen molar-refractivity contribution in [2.45, 2.75) is 9.79 Å². The summed E-state index contributed by atoms with van der Waals surface area (Å²) < 4.78 is 5.63. The van der Waals surface area contributed by atoms with Crippen LogP contribution in [0, 0.1) is 0 Å². The number of thiocarbonyl (C=S) groups is 1. The van der Waals surface area contributed by atoms with E-state index < -0.39 is 0 Å². The highest BCUT2D eigenvalue weighted by molar-refractivity contribution is 8.26. The SMILES string of the molecule is COc1cccc(/C=C2\SC(=S)N(CC(=O)N3c4ccccc4Sc4ccccc43)C2=O)c1. The van der Waals surface area contributed by atoms with Gasteiger partial charge in [0.2, 0.25) is 0 Å². The summed E-state index contributed by atoms with van der Waals surface area (Å²) in [6.07, 6.45) is 1.77. The summed E-state index contributed by atoms with van der Waals surface area (Å²) in [6, 6.07) is 23.0. The zero-order valence-corrected chi connectivity index (χ0v) is 20.0. The molecule has 0 bridgehead atoms. The van der Waals surface area contributed by atoms with Gasteiger partial charge in [0, 0.05) is 9.79 Å². The molecule has 3 aromatic carbocycles. The molecule has 0 saturated carbocycles. The number of ether oxygens (including phenoxy) is 1. The van der Waals surface area contributed by atoms with Crippen LogP contribution in [-0.4, -0.2) is 34.7 Å². The molecule has 2 aliphatic heterocycles. The standard InChI is InChI=1S/C25H18N2O3S3/c1-30-17-8-6-7-16(13-17)14-22-24(29)26(25(31)33-22)15-23(28)27-18-9-2-4-11-20(18)32-21-12-5-3-10-19(21)27/h2-14H,15H2,1H3/b22-14-. The number of rotatable bonds is 4. The molecule has 8 heteroatoms. The molecule has 33 heavy (non-hydrogen) atoms. The van der Waals surface area contributed by atoms with E-state index in [1.54, 1.807) is 29.8 Å². The Morgan fingerprint density at radius 2 is 1.64 bits per heavy atom. The molecule has 0 spiro atoms. The summed E-state index contributed by atoms with van der Waals surface area (Å²) in [5.41, 5.74) is 2.45. The summed E-state index contributed by atoms with van der Waals surface area (Å²) in [5, 5.41) is 0. The van der Waals surface area contributed by atoms with Crippen LogP contribution in [0.15, 0.2) is 87.5 Å². The number of carbonyl (C=O) groups excluding carboxylic acids is 2. The third-order valence-corrected chi connectivity index (χ3v) is 7.75. The van der Waals surface area contributed by atoms with Gasteiger partial charge in [-0.3, -0.25) is 19.4 Å². The minimum absolute atomic E-state index is 0.131. The van der Waals surface area contributed by atoms with Crippen LogP contribution < -0.4 is 9.64 Å². The lowest BCUT2D eigenvalue weighted by Gasteiger charge is -2.32. The third kappa shape index (κ3) is 4.17. The number of carbonyl (C=O) groups is 2. The van der Waals surface area contributed by atoms with Crippen molar-refractivity contribution in [2.24, 2.45) is 0 Å². The average Bonchev–Trinajstić information content (AvgIpc) is 3.09. The number of methoxy groups -OCH3 is 1. The van der Waals surface area contributed by atoms with E-state index in [9.17, 15) is 9.59 Å². The fraction of sp³-hybridized carbons (Fsp3) is 0.0800. The Morgan fingerprint density at radius 3 is 2.30 bits per heavy atom. The topological polar surface area (TPSA) is 49.9 Å². The van der Waals surface area contributed by atoms with Gasteiger partial charge in [0.1, 0.15) is 16.6 Å². The number of para-hydroxylation sites is 2. The van der Waals surface area contributed by atoms with Gasteiger partial charge in [-0.2, -0.15) is 0 Å². The molecule has 0 N–H and O–H groups in total. The minimum Gasteiger partial charge on any atom is -0.497 e. The van der Waals surface area contributed by atoms with E-state index in [1.807, 2.05) is 72.8 Å². The van der Waals surface area contributed by atoms with E-state index in [0.29, 0.717) is 15.0 Å². The zero-order valence-electron chi connectivity index (χ0n) is 17.6. The maximum absolute atomic E-state index is 13.5. The van der Waals surface area contributed by atoms with Crippen LogP contribution in [0.25, 0.3) is 6.08 Å². The van der Waals surface area contributed by atoms with Crippen molar-refractivity contribution in [1.82, 2.24) is 4.90 Å². The first-order valence-electron chi connectivity index (χ1n) is 10.1. The van der Waals surface area contributed by atoms with Gasteiger partial charge in [0.15, 0.2) is 0 Å². The monoisotopic (exact) mass is 490 g/mol. The Morgan fingerprint density at radius 1 is 0.970 bits per heavy atom. The van der Waals surface area contributed by atoms with Gasteiger partial charge in [-0.25, -0.2) is 0 Å². The van der Waals surface area contributed by atoms with Crippen LogP contribution in [0.2, 0.25) is 0 Å². The summed E-state index contributed by atoms with van der Waals surface area (Å²) in [7, 11) is 1.60. The Kier molecular flexibility index (Phi) is 5.97.